The van der Waals surface area contributed by atoms with Gasteiger partial charge in [-0.05, 0) is 30.3 Å². The Labute approximate surface area is 187 Å². The highest BCUT2D eigenvalue weighted by atomic mass is 32.2. The summed E-state index contributed by atoms with van der Waals surface area (Å²) in [5.74, 6) is -1.06. The Morgan fingerprint density at radius 3 is 2.39 bits per heavy atom. The maximum Gasteiger partial charge on any atom is 0.417 e. The summed E-state index contributed by atoms with van der Waals surface area (Å²) in [5.41, 5.74) is 4.32. The molecule has 3 aromatic rings. The number of aromatic amines is 1. The van der Waals surface area contributed by atoms with E-state index in [9.17, 15) is 26.4 Å². The van der Waals surface area contributed by atoms with Crippen LogP contribution < -0.4 is 10.5 Å². The number of ether oxygens (including phenoxy) is 1. The van der Waals surface area contributed by atoms with Gasteiger partial charge in [-0.3, -0.25) is 19.7 Å². The molecule has 0 aliphatic carbocycles. The Kier molecular flexibility index (Phi) is 7.76. The van der Waals surface area contributed by atoms with Crippen LogP contribution in [0.25, 0.3) is 10.9 Å². The standard InChI is InChI=1S/C18H18F3N5O2.CH4O3S/c1-25(17(22)23)16(27)13-10-11-12(18(19,20)21)4-5-14(15(11)24-13)28-9-8-26-6-2-3-7-26;1-5(2,3)4/h2-7,10,24H,8-9H2,1H3,(H3,22,23);1H3,(H,2,3,4). The van der Waals surface area contributed by atoms with E-state index in [1.807, 2.05) is 29.1 Å². The molecule has 0 aliphatic rings. The van der Waals surface area contributed by atoms with E-state index in [2.05, 4.69) is 4.98 Å². The predicted octanol–water partition coefficient (Wildman–Crippen LogP) is 2.54. The van der Waals surface area contributed by atoms with Crippen LogP contribution >= 0.6 is 0 Å². The Morgan fingerprint density at radius 2 is 1.88 bits per heavy atom. The zero-order valence-electron chi connectivity index (χ0n) is 17.5. The fourth-order valence-electron chi connectivity index (χ4n) is 2.75. The molecule has 0 spiro atoms. The quantitative estimate of drug-likeness (QED) is 0.245. The minimum Gasteiger partial charge on any atom is -0.490 e. The molecule has 33 heavy (non-hydrogen) atoms. The van der Waals surface area contributed by atoms with Crippen molar-refractivity contribution >= 4 is 32.9 Å². The number of fused-ring (bicyclic) bond motifs is 1. The first-order chi connectivity index (χ1) is 15.2. The molecule has 0 radical (unpaired) electrons. The molecular formula is C19H22F3N5O5S. The van der Waals surface area contributed by atoms with E-state index in [0.717, 1.165) is 17.0 Å². The van der Waals surface area contributed by atoms with Gasteiger partial charge in [-0.25, -0.2) is 0 Å². The number of halogens is 3. The molecule has 1 amide bonds. The number of hydrogen-bond acceptors (Lipinski definition) is 5. The Hall–Kier alpha value is -3.52. The molecule has 0 aliphatic heterocycles. The number of guanidine groups is 1. The molecule has 3 rings (SSSR count). The third-order valence-corrected chi connectivity index (χ3v) is 4.23. The van der Waals surface area contributed by atoms with Crippen molar-refractivity contribution in [2.45, 2.75) is 12.7 Å². The Bertz CT molecular complexity index is 1230. The summed E-state index contributed by atoms with van der Waals surface area (Å²) in [6.07, 6.45) is -0.201. The lowest BCUT2D eigenvalue weighted by molar-refractivity contribution is -0.136. The second-order valence-corrected chi connectivity index (χ2v) is 8.30. The maximum absolute atomic E-state index is 13.4. The number of nitrogens with zero attached hydrogens (tertiary/aromatic N) is 2. The smallest absolute Gasteiger partial charge is 0.417 e. The first kappa shape index (κ1) is 25.7. The molecule has 0 saturated heterocycles. The number of hydrogen-bond donors (Lipinski definition) is 4. The number of alkyl halides is 3. The summed E-state index contributed by atoms with van der Waals surface area (Å²) >= 11 is 0. The maximum atomic E-state index is 13.4. The zero-order valence-corrected chi connectivity index (χ0v) is 18.4. The van der Waals surface area contributed by atoms with Gasteiger partial charge in [0.25, 0.3) is 16.0 Å². The van der Waals surface area contributed by atoms with Crippen molar-refractivity contribution in [2.24, 2.45) is 5.73 Å². The number of aromatic nitrogens is 2. The molecule has 0 unspecified atom stereocenters. The summed E-state index contributed by atoms with van der Waals surface area (Å²) in [6, 6.07) is 6.94. The number of nitrogens with two attached hydrogens (primary N) is 1. The lowest BCUT2D eigenvalue weighted by Crippen LogP contribution is -2.38. The van der Waals surface area contributed by atoms with Crippen LogP contribution in [0.15, 0.2) is 42.7 Å². The van der Waals surface area contributed by atoms with Crippen LogP contribution in [0.4, 0.5) is 13.2 Å². The number of amides is 1. The van der Waals surface area contributed by atoms with Crippen LogP contribution in [0.2, 0.25) is 0 Å². The molecule has 1 aromatic carbocycles. The van der Waals surface area contributed by atoms with Crippen molar-refractivity contribution in [3.05, 3.63) is 54.0 Å². The molecular weight excluding hydrogens is 467 g/mol. The minimum absolute atomic E-state index is 0.0580. The van der Waals surface area contributed by atoms with E-state index in [-0.39, 0.29) is 29.0 Å². The van der Waals surface area contributed by atoms with Gasteiger partial charge in [-0.15, -0.1) is 0 Å². The summed E-state index contributed by atoms with van der Waals surface area (Å²) in [6.45, 7) is 0.736. The summed E-state index contributed by atoms with van der Waals surface area (Å²) < 4.78 is 73.5. The highest BCUT2D eigenvalue weighted by Gasteiger charge is 2.34. The average molecular weight is 489 g/mol. The molecule has 14 heteroatoms. The molecule has 0 fully saturated rings. The number of nitrogens with one attached hydrogen (secondary N) is 2. The van der Waals surface area contributed by atoms with Gasteiger partial charge in [0.05, 0.1) is 23.9 Å². The van der Waals surface area contributed by atoms with E-state index in [1.54, 1.807) is 0 Å². The highest BCUT2D eigenvalue weighted by Crippen LogP contribution is 2.38. The van der Waals surface area contributed by atoms with Crippen molar-refractivity contribution < 1.29 is 35.7 Å². The van der Waals surface area contributed by atoms with E-state index in [1.165, 1.54) is 13.1 Å². The van der Waals surface area contributed by atoms with Gasteiger partial charge in [-0.1, -0.05) is 0 Å². The fraction of sp³-hybridized carbons (Fsp3) is 0.263. The fourth-order valence-corrected chi connectivity index (χ4v) is 2.75. The lowest BCUT2D eigenvalue weighted by Gasteiger charge is -2.13. The topological polar surface area (TPSA) is 154 Å². The van der Waals surface area contributed by atoms with Crippen molar-refractivity contribution in [3.63, 3.8) is 0 Å². The van der Waals surface area contributed by atoms with Gasteiger partial charge in [0.1, 0.15) is 18.1 Å². The van der Waals surface area contributed by atoms with Crippen molar-refractivity contribution in [1.82, 2.24) is 14.5 Å². The molecule has 2 heterocycles. The van der Waals surface area contributed by atoms with Gasteiger partial charge in [-0.2, -0.15) is 21.6 Å². The largest absolute Gasteiger partial charge is 0.490 e. The van der Waals surface area contributed by atoms with Crippen molar-refractivity contribution in [1.29, 1.82) is 5.41 Å². The summed E-state index contributed by atoms with van der Waals surface area (Å²) in [4.78, 5) is 15.9. The first-order valence-electron chi connectivity index (χ1n) is 9.19. The SMILES string of the molecule is CN(C(=N)N)C(=O)c1cc2c(C(F)(F)F)ccc(OCCn3cccc3)c2[nH]1.CS(=O)(=O)O. The second-order valence-electron chi connectivity index (χ2n) is 6.83. The van der Waals surface area contributed by atoms with E-state index < -0.39 is 33.7 Å². The van der Waals surface area contributed by atoms with E-state index in [4.69, 9.17) is 20.4 Å². The van der Waals surface area contributed by atoms with Crippen LogP contribution in [0, 0.1) is 5.41 Å². The Morgan fingerprint density at radius 1 is 1.30 bits per heavy atom. The summed E-state index contributed by atoms with van der Waals surface area (Å²) in [7, 11) is -2.41. The first-order valence-corrected chi connectivity index (χ1v) is 11.0. The number of benzene rings is 1. The molecule has 2 aromatic heterocycles. The lowest BCUT2D eigenvalue weighted by atomic mass is 10.1. The molecule has 0 saturated carbocycles. The third kappa shape index (κ3) is 7.25. The highest BCUT2D eigenvalue weighted by molar-refractivity contribution is 7.85. The average Bonchev–Trinajstić information content (AvgIpc) is 3.34. The van der Waals surface area contributed by atoms with Crippen LogP contribution in [-0.4, -0.2) is 59.2 Å². The molecule has 0 bridgehead atoms. The number of H-pyrrole nitrogens is 1. The van der Waals surface area contributed by atoms with Gasteiger partial charge in [0, 0.05) is 24.8 Å². The number of carbonyl (C=O) groups excluding carboxylic acids is 1. The second kappa shape index (κ2) is 9.95. The summed E-state index contributed by atoms with van der Waals surface area (Å²) in [5, 5.41) is 7.13. The number of rotatable bonds is 5. The molecule has 0 atom stereocenters. The predicted molar refractivity (Wildman–Crippen MR) is 115 cm³/mol. The molecule has 5 N–H and O–H groups in total. The van der Waals surface area contributed by atoms with Gasteiger partial charge in [0.15, 0.2) is 5.96 Å². The van der Waals surface area contributed by atoms with Gasteiger partial charge < -0.3 is 20.0 Å². The van der Waals surface area contributed by atoms with Crippen molar-refractivity contribution in [3.8, 4) is 5.75 Å². The van der Waals surface area contributed by atoms with E-state index in [0.29, 0.717) is 12.8 Å². The van der Waals surface area contributed by atoms with Crippen molar-refractivity contribution in [2.75, 3.05) is 19.9 Å². The van der Waals surface area contributed by atoms with Gasteiger partial charge >= 0.3 is 6.18 Å². The van der Waals surface area contributed by atoms with Crippen LogP contribution in [0.5, 0.6) is 5.75 Å². The zero-order chi connectivity index (χ0) is 25.0. The number of carbonyl (C=O) groups is 1. The Balaban J connectivity index is 0.000000696. The normalized spacial score (nSPS) is 11.6. The molecule has 10 nitrogen and oxygen atoms in total. The van der Waals surface area contributed by atoms with Crippen LogP contribution in [0.1, 0.15) is 16.1 Å². The monoisotopic (exact) mass is 489 g/mol. The minimum atomic E-state index is -4.60. The third-order valence-electron chi connectivity index (χ3n) is 4.23. The van der Waals surface area contributed by atoms with Crippen LogP contribution in [-0.2, 0) is 22.8 Å². The van der Waals surface area contributed by atoms with E-state index >= 15 is 0 Å². The van der Waals surface area contributed by atoms with Gasteiger partial charge in [0.2, 0.25) is 0 Å². The molecule has 180 valence electrons. The van der Waals surface area contributed by atoms with Crippen LogP contribution in [0.3, 0.4) is 0 Å².